The van der Waals surface area contributed by atoms with Crippen molar-refractivity contribution < 1.29 is 14.7 Å². The van der Waals surface area contributed by atoms with E-state index in [1.165, 1.54) is 30.5 Å². The molecule has 3 aromatic carbocycles. The number of nitrogens with zero attached hydrogens (tertiary/aromatic N) is 1. The fraction of sp³-hybridized carbons (Fsp3) is 0.310. The summed E-state index contributed by atoms with van der Waals surface area (Å²) in [5.41, 5.74) is 4.65. The van der Waals surface area contributed by atoms with Crippen molar-refractivity contribution in [3.63, 3.8) is 0 Å². The number of carbonyl (C=O) groups is 2. The number of rotatable bonds is 9. The molecule has 0 saturated carbocycles. The highest BCUT2D eigenvalue weighted by Gasteiger charge is 2.22. The maximum Gasteiger partial charge on any atom is 0.335 e. The highest BCUT2D eigenvalue weighted by Crippen LogP contribution is 2.31. The Morgan fingerprint density at radius 1 is 0.824 bits per heavy atom. The topological polar surface area (TPSA) is 69.6 Å². The van der Waals surface area contributed by atoms with Crippen LogP contribution in [0.4, 0.5) is 5.69 Å². The Morgan fingerprint density at radius 2 is 1.50 bits per heavy atom. The van der Waals surface area contributed by atoms with E-state index in [2.05, 4.69) is 46.6 Å². The molecule has 0 radical (unpaired) electrons. The summed E-state index contributed by atoms with van der Waals surface area (Å²) in [5, 5.41) is 12.4. The van der Waals surface area contributed by atoms with Gasteiger partial charge in [0.1, 0.15) is 0 Å². The first-order valence-electron chi connectivity index (χ1n) is 12.1. The van der Waals surface area contributed by atoms with Gasteiger partial charge < -0.3 is 15.3 Å². The first-order chi connectivity index (χ1) is 16.6. The van der Waals surface area contributed by atoms with Gasteiger partial charge in [0, 0.05) is 18.8 Å². The Kier molecular flexibility index (Phi) is 7.97. The SMILES string of the molecule is O=C(Cc1ccc(C(=O)O)cc1)NC(CCc1ccccc1)c1ccccc1N1CCCCC1. The molecule has 3 aromatic rings. The number of aryl methyl sites for hydroxylation is 1. The minimum Gasteiger partial charge on any atom is -0.478 e. The van der Waals surface area contributed by atoms with Crippen LogP contribution in [0, 0.1) is 0 Å². The number of nitrogens with one attached hydrogen (secondary N) is 1. The molecule has 5 heteroatoms. The molecule has 0 bridgehead atoms. The molecule has 176 valence electrons. The van der Waals surface area contributed by atoms with E-state index in [9.17, 15) is 9.59 Å². The molecule has 1 amide bonds. The molecule has 2 N–H and O–H groups in total. The Bertz CT molecular complexity index is 1090. The summed E-state index contributed by atoms with van der Waals surface area (Å²) in [6.07, 6.45) is 5.55. The van der Waals surface area contributed by atoms with Crippen molar-refractivity contribution in [3.05, 3.63) is 101 Å². The van der Waals surface area contributed by atoms with Crippen molar-refractivity contribution >= 4 is 17.6 Å². The third-order valence-electron chi connectivity index (χ3n) is 6.47. The summed E-state index contributed by atoms with van der Waals surface area (Å²) in [7, 11) is 0. The predicted octanol–water partition coefficient (Wildman–Crippen LogP) is 5.41. The zero-order valence-electron chi connectivity index (χ0n) is 19.5. The van der Waals surface area contributed by atoms with Gasteiger partial charge in [-0.1, -0.05) is 60.7 Å². The molecule has 1 saturated heterocycles. The zero-order chi connectivity index (χ0) is 23.8. The van der Waals surface area contributed by atoms with Crippen LogP contribution in [-0.2, 0) is 17.6 Å². The van der Waals surface area contributed by atoms with E-state index >= 15 is 0 Å². The number of benzene rings is 3. The molecule has 1 atom stereocenters. The van der Waals surface area contributed by atoms with E-state index in [0.717, 1.165) is 37.1 Å². The number of hydrogen-bond acceptors (Lipinski definition) is 3. The van der Waals surface area contributed by atoms with Crippen LogP contribution >= 0.6 is 0 Å². The van der Waals surface area contributed by atoms with Crippen molar-refractivity contribution in [1.29, 1.82) is 0 Å². The van der Waals surface area contributed by atoms with E-state index in [1.54, 1.807) is 24.3 Å². The molecule has 1 unspecified atom stereocenters. The summed E-state index contributed by atoms with van der Waals surface area (Å²) in [6.45, 7) is 2.10. The lowest BCUT2D eigenvalue weighted by molar-refractivity contribution is -0.121. The number of amides is 1. The standard InChI is InChI=1S/C29H32N2O3/c32-28(21-23-13-16-24(17-14-23)29(33)34)30-26(18-15-22-9-3-1-4-10-22)25-11-5-6-12-27(25)31-19-7-2-8-20-31/h1,3-6,9-14,16-17,26H,2,7-8,15,18-21H2,(H,30,32)(H,33,34). The first-order valence-corrected chi connectivity index (χ1v) is 12.1. The molecule has 1 heterocycles. The van der Waals surface area contributed by atoms with Crippen molar-refractivity contribution in [2.24, 2.45) is 0 Å². The van der Waals surface area contributed by atoms with Gasteiger partial charge in [-0.05, 0) is 67.0 Å². The molecule has 1 aliphatic rings. The zero-order valence-corrected chi connectivity index (χ0v) is 19.5. The third-order valence-corrected chi connectivity index (χ3v) is 6.47. The monoisotopic (exact) mass is 456 g/mol. The lowest BCUT2D eigenvalue weighted by atomic mass is 9.95. The number of aromatic carboxylic acids is 1. The average molecular weight is 457 g/mol. The van der Waals surface area contributed by atoms with Crippen molar-refractivity contribution in [3.8, 4) is 0 Å². The van der Waals surface area contributed by atoms with Crippen LogP contribution in [0.15, 0.2) is 78.9 Å². The van der Waals surface area contributed by atoms with Crippen LogP contribution in [-0.4, -0.2) is 30.1 Å². The van der Waals surface area contributed by atoms with Gasteiger partial charge in [-0.3, -0.25) is 4.79 Å². The van der Waals surface area contributed by atoms with Crippen LogP contribution in [0.5, 0.6) is 0 Å². The second-order valence-corrected chi connectivity index (χ2v) is 8.93. The van der Waals surface area contributed by atoms with Gasteiger partial charge in [-0.15, -0.1) is 0 Å². The van der Waals surface area contributed by atoms with Gasteiger partial charge in [0.15, 0.2) is 0 Å². The number of piperidine rings is 1. The number of hydrogen-bond donors (Lipinski definition) is 2. The number of carboxylic acid groups (broad SMARTS) is 1. The van der Waals surface area contributed by atoms with E-state index in [1.807, 2.05) is 18.2 Å². The summed E-state index contributed by atoms with van der Waals surface area (Å²) >= 11 is 0. The second kappa shape index (κ2) is 11.5. The summed E-state index contributed by atoms with van der Waals surface area (Å²) in [6, 6.07) is 25.2. The number of anilines is 1. The molecule has 1 aliphatic heterocycles. The van der Waals surface area contributed by atoms with Gasteiger partial charge in [0.25, 0.3) is 0 Å². The van der Waals surface area contributed by atoms with E-state index < -0.39 is 5.97 Å². The number of carboxylic acids is 1. The smallest absolute Gasteiger partial charge is 0.335 e. The predicted molar refractivity (Wildman–Crippen MR) is 135 cm³/mol. The Hall–Kier alpha value is -3.60. The van der Waals surface area contributed by atoms with Crippen LogP contribution in [0.1, 0.15) is 58.8 Å². The van der Waals surface area contributed by atoms with Gasteiger partial charge in [0.2, 0.25) is 5.91 Å². The minimum absolute atomic E-state index is 0.0606. The Labute approximate surface area is 201 Å². The quantitative estimate of drug-likeness (QED) is 0.452. The summed E-state index contributed by atoms with van der Waals surface area (Å²) < 4.78 is 0. The molecule has 5 nitrogen and oxygen atoms in total. The molecule has 1 fully saturated rings. The lowest BCUT2D eigenvalue weighted by Crippen LogP contribution is -2.34. The molecule has 0 spiro atoms. The molecule has 0 aromatic heterocycles. The van der Waals surface area contributed by atoms with Gasteiger partial charge in [-0.25, -0.2) is 4.79 Å². The molecule has 34 heavy (non-hydrogen) atoms. The van der Waals surface area contributed by atoms with E-state index in [4.69, 9.17) is 5.11 Å². The summed E-state index contributed by atoms with van der Waals surface area (Å²) in [4.78, 5) is 26.6. The molecule has 0 aliphatic carbocycles. The highest BCUT2D eigenvalue weighted by molar-refractivity contribution is 5.87. The average Bonchev–Trinajstić information content (AvgIpc) is 2.88. The van der Waals surface area contributed by atoms with Crippen LogP contribution in [0.3, 0.4) is 0 Å². The lowest BCUT2D eigenvalue weighted by Gasteiger charge is -2.33. The number of carbonyl (C=O) groups excluding carboxylic acids is 1. The van der Waals surface area contributed by atoms with E-state index in [0.29, 0.717) is 0 Å². The van der Waals surface area contributed by atoms with Gasteiger partial charge in [-0.2, -0.15) is 0 Å². The minimum atomic E-state index is -0.966. The molecular weight excluding hydrogens is 424 g/mol. The fourth-order valence-corrected chi connectivity index (χ4v) is 4.66. The largest absolute Gasteiger partial charge is 0.478 e. The number of para-hydroxylation sites is 1. The van der Waals surface area contributed by atoms with Gasteiger partial charge in [0.05, 0.1) is 18.0 Å². The second-order valence-electron chi connectivity index (χ2n) is 8.93. The maximum atomic E-state index is 13.1. The third kappa shape index (κ3) is 6.25. The Morgan fingerprint density at radius 3 is 2.21 bits per heavy atom. The van der Waals surface area contributed by atoms with Crippen LogP contribution in [0.2, 0.25) is 0 Å². The van der Waals surface area contributed by atoms with Crippen molar-refractivity contribution in [2.45, 2.75) is 44.6 Å². The normalized spacial score (nSPS) is 14.4. The van der Waals surface area contributed by atoms with Crippen LogP contribution in [0.25, 0.3) is 0 Å². The van der Waals surface area contributed by atoms with Gasteiger partial charge >= 0.3 is 5.97 Å². The first kappa shape index (κ1) is 23.6. The molecule has 4 rings (SSSR count). The maximum absolute atomic E-state index is 13.1. The van der Waals surface area contributed by atoms with Crippen molar-refractivity contribution in [1.82, 2.24) is 5.32 Å². The van der Waals surface area contributed by atoms with Crippen molar-refractivity contribution in [2.75, 3.05) is 18.0 Å². The highest BCUT2D eigenvalue weighted by atomic mass is 16.4. The fourth-order valence-electron chi connectivity index (χ4n) is 4.66. The van der Waals surface area contributed by atoms with Crippen LogP contribution < -0.4 is 10.2 Å². The summed E-state index contributed by atoms with van der Waals surface area (Å²) in [5.74, 6) is -1.03. The molecular formula is C29H32N2O3. The van der Waals surface area contributed by atoms with E-state index in [-0.39, 0.29) is 23.9 Å². The Balaban J connectivity index is 1.53.